The molecule has 0 aromatic carbocycles. The summed E-state index contributed by atoms with van der Waals surface area (Å²) in [4.78, 5) is 27.3. The van der Waals surface area contributed by atoms with Crippen molar-refractivity contribution in [1.29, 1.82) is 0 Å². The van der Waals surface area contributed by atoms with Crippen molar-refractivity contribution in [1.82, 2.24) is 20.9 Å². The zero-order chi connectivity index (χ0) is 21.6. The van der Waals surface area contributed by atoms with Crippen molar-refractivity contribution in [3.8, 4) is 0 Å². The minimum absolute atomic E-state index is 0.00349. The number of likely N-dealkylation sites (tertiary alicyclic amines) is 1. The Hall–Kier alpha value is -1.21. The predicted molar refractivity (Wildman–Crippen MR) is 117 cm³/mol. The largest absolute Gasteiger partial charge is 0.356 e. The molecule has 6 nitrogen and oxygen atoms in total. The number of fused-ring (bicyclic) bond motifs is 1. The van der Waals surface area contributed by atoms with Crippen molar-refractivity contribution in [3.63, 3.8) is 0 Å². The average molecular weight is 435 g/mol. The van der Waals surface area contributed by atoms with Gasteiger partial charge in [-0.2, -0.15) is 0 Å². The van der Waals surface area contributed by atoms with Gasteiger partial charge in [0.1, 0.15) is 6.17 Å². The van der Waals surface area contributed by atoms with Gasteiger partial charge in [-0.15, -0.1) is 0 Å². The van der Waals surface area contributed by atoms with Crippen molar-refractivity contribution in [2.24, 2.45) is 17.3 Å². The lowest BCUT2D eigenvalue weighted by molar-refractivity contribution is -0.124. The summed E-state index contributed by atoms with van der Waals surface area (Å²) in [6.45, 7) is 5.15. The number of halogens is 1. The van der Waals surface area contributed by atoms with Gasteiger partial charge in [0.15, 0.2) is 0 Å². The number of nitrogens with zero attached hydrogens (tertiary/aromatic N) is 1. The van der Waals surface area contributed by atoms with Crippen molar-refractivity contribution >= 4 is 11.8 Å². The summed E-state index contributed by atoms with van der Waals surface area (Å²) in [5.74, 6) is 0.730. The molecule has 5 rings (SSSR count). The van der Waals surface area contributed by atoms with E-state index in [1.54, 1.807) is 0 Å². The molecule has 5 unspecified atom stereocenters. The van der Waals surface area contributed by atoms with Crippen molar-refractivity contribution in [2.45, 2.75) is 101 Å². The monoisotopic (exact) mass is 434 g/mol. The first kappa shape index (κ1) is 21.6. The summed E-state index contributed by atoms with van der Waals surface area (Å²) in [6.07, 6.45) is 8.70. The van der Waals surface area contributed by atoms with Gasteiger partial charge in [0.05, 0.1) is 6.04 Å². The molecule has 0 aromatic rings. The van der Waals surface area contributed by atoms with Crippen LogP contribution in [0.25, 0.3) is 0 Å². The minimum atomic E-state index is -0.765. The normalized spacial score (nSPS) is 42.9. The Morgan fingerprint density at radius 3 is 2.68 bits per heavy atom. The van der Waals surface area contributed by atoms with Crippen molar-refractivity contribution in [3.05, 3.63) is 0 Å². The van der Waals surface area contributed by atoms with E-state index in [9.17, 15) is 14.0 Å². The maximum Gasteiger partial charge on any atom is 0.237 e. The Morgan fingerprint density at radius 1 is 1.16 bits per heavy atom. The summed E-state index contributed by atoms with van der Waals surface area (Å²) in [5.41, 5.74) is 0.187. The number of alkyl halides is 1. The third kappa shape index (κ3) is 4.37. The molecule has 0 radical (unpaired) electrons. The van der Waals surface area contributed by atoms with E-state index >= 15 is 0 Å². The fourth-order valence-electron chi connectivity index (χ4n) is 7.20. The second-order valence-corrected chi connectivity index (χ2v) is 11.2. The molecule has 7 heteroatoms. The van der Waals surface area contributed by atoms with Gasteiger partial charge < -0.3 is 20.9 Å². The van der Waals surface area contributed by atoms with Gasteiger partial charge in [0, 0.05) is 37.0 Å². The molecule has 5 aliphatic rings. The Kier molecular flexibility index (Phi) is 6.01. The van der Waals surface area contributed by atoms with E-state index < -0.39 is 6.17 Å². The number of rotatable bonds is 3. The van der Waals surface area contributed by atoms with Crippen LogP contribution in [0, 0.1) is 17.3 Å². The van der Waals surface area contributed by atoms with Gasteiger partial charge in [0.2, 0.25) is 11.8 Å². The Bertz CT molecular complexity index is 677. The van der Waals surface area contributed by atoms with E-state index in [4.69, 9.17) is 0 Å². The molecular formula is C24H39FN4O2. The molecule has 5 fully saturated rings. The van der Waals surface area contributed by atoms with Gasteiger partial charge >= 0.3 is 0 Å². The van der Waals surface area contributed by atoms with Crippen LogP contribution >= 0.6 is 0 Å². The molecular weight excluding hydrogens is 395 g/mol. The van der Waals surface area contributed by atoms with Crippen molar-refractivity contribution < 1.29 is 14.0 Å². The fourth-order valence-corrected chi connectivity index (χ4v) is 7.20. The third-order valence-electron chi connectivity index (χ3n) is 9.22. The quantitative estimate of drug-likeness (QED) is 0.636. The standard InChI is InChI=1S/C24H39FN4O2/c1-15-5-6-19(25)18-12-20(28-22(15)18)23(31)27-16-3-2-4-17(11-16)29-9-7-24(8-10-29)13-21(30)26-14-24/h15-20,22,28H,2-14H2,1H3,(H,26,30)(H,27,31)/t15?,16-,17+,18?,19?,20?,22?/m1/s1. The number of amides is 2. The van der Waals surface area contributed by atoms with E-state index in [0.717, 1.165) is 58.2 Å². The minimum Gasteiger partial charge on any atom is -0.356 e. The Morgan fingerprint density at radius 2 is 1.97 bits per heavy atom. The van der Waals surface area contributed by atoms with Gasteiger partial charge in [-0.25, -0.2) is 4.39 Å². The molecule has 7 atom stereocenters. The van der Waals surface area contributed by atoms with Gasteiger partial charge in [-0.3, -0.25) is 9.59 Å². The first-order valence-corrected chi connectivity index (χ1v) is 12.6. The highest BCUT2D eigenvalue weighted by molar-refractivity contribution is 5.82. The van der Waals surface area contributed by atoms with E-state index in [-0.39, 0.29) is 41.3 Å². The van der Waals surface area contributed by atoms with Gasteiger partial charge in [-0.05, 0) is 82.2 Å². The van der Waals surface area contributed by atoms with E-state index in [0.29, 0.717) is 31.2 Å². The van der Waals surface area contributed by atoms with Crippen LogP contribution in [0.4, 0.5) is 4.39 Å². The SMILES string of the molecule is CC1CCC(F)C2CC(C(=O)N[C@@H]3CCC[C@H](N4CCC5(CC4)CNC(=O)C5)C3)NC12. The van der Waals surface area contributed by atoms with Crippen LogP contribution in [0.5, 0.6) is 0 Å². The number of carbonyl (C=O) groups is 2. The second-order valence-electron chi connectivity index (χ2n) is 11.2. The molecule has 174 valence electrons. The molecule has 2 amide bonds. The second kappa shape index (κ2) is 8.62. The first-order chi connectivity index (χ1) is 14.9. The predicted octanol–water partition coefficient (Wildman–Crippen LogP) is 2.13. The molecule has 2 aliphatic carbocycles. The highest BCUT2D eigenvalue weighted by Crippen LogP contribution is 2.40. The summed E-state index contributed by atoms with van der Waals surface area (Å²) in [7, 11) is 0. The smallest absolute Gasteiger partial charge is 0.237 e. The summed E-state index contributed by atoms with van der Waals surface area (Å²) in [6, 6.07) is 0.656. The molecule has 1 spiro atoms. The molecule has 0 bridgehead atoms. The van der Waals surface area contributed by atoms with Crippen LogP contribution < -0.4 is 16.0 Å². The summed E-state index contributed by atoms with van der Waals surface area (Å²) < 4.78 is 14.4. The van der Waals surface area contributed by atoms with Gasteiger partial charge in [-0.1, -0.05) is 6.92 Å². The van der Waals surface area contributed by atoms with Crippen LogP contribution in [-0.4, -0.2) is 66.7 Å². The maximum atomic E-state index is 14.4. The number of nitrogens with one attached hydrogen (secondary N) is 3. The molecule has 2 saturated carbocycles. The Balaban J connectivity index is 1.12. The van der Waals surface area contributed by atoms with Crippen LogP contribution in [0.15, 0.2) is 0 Å². The highest BCUT2D eigenvalue weighted by atomic mass is 19.1. The zero-order valence-electron chi connectivity index (χ0n) is 18.9. The summed E-state index contributed by atoms with van der Waals surface area (Å²) >= 11 is 0. The maximum absolute atomic E-state index is 14.4. The van der Waals surface area contributed by atoms with Crippen LogP contribution in [0.3, 0.4) is 0 Å². The highest BCUT2D eigenvalue weighted by Gasteiger charge is 2.47. The topological polar surface area (TPSA) is 73.5 Å². The molecule has 31 heavy (non-hydrogen) atoms. The summed E-state index contributed by atoms with van der Waals surface area (Å²) in [5, 5.41) is 9.81. The van der Waals surface area contributed by atoms with E-state index in [1.165, 1.54) is 6.42 Å². The third-order valence-corrected chi connectivity index (χ3v) is 9.22. The molecule has 0 aromatic heterocycles. The van der Waals surface area contributed by atoms with Gasteiger partial charge in [0.25, 0.3) is 0 Å². The Labute approximate surface area is 185 Å². The number of piperidine rings is 1. The van der Waals surface area contributed by atoms with E-state index in [2.05, 4.69) is 27.8 Å². The lowest BCUT2D eigenvalue weighted by Gasteiger charge is -2.44. The lowest BCUT2D eigenvalue weighted by atomic mass is 9.76. The lowest BCUT2D eigenvalue weighted by Crippen LogP contribution is -2.52. The molecule has 3 heterocycles. The van der Waals surface area contributed by atoms with E-state index in [1.807, 2.05) is 0 Å². The van der Waals surface area contributed by atoms with Crippen LogP contribution in [0.2, 0.25) is 0 Å². The molecule has 3 aliphatic heterocycles. The zero-order valence-corrected chi connectivity index (χ0v) is 18.9. The molecule has 3 saturated heterocycles. The number of carbonyl (C=O) groups excluding carboxylic acids is 2. The number of hydrogen-bond acceptors (Lipinski definition) is 4. The van der Waals surface area contributed by atoms with Crippen LogP contribution in [0.1, 0.15) is 71.1 Å². The number of hydrogen-bond donors (Lipinski definition) is 3. The molecule has 3 N–H and O–H groups in total. The van der Waals surface area contributed by atoms with Crippen LogP contribution in [-0.2, 0) is 9.59 Å². The first-order valence-electron chi connectivity index (χ1n) is 12.6. The fraction of sp³-hybridized carbons (Fsp3) is 0.917. The van der Waals surface area contributed by atoms with Crippen molar-refractivity contribution in [2.75, 3.05) is 19.6 Å². The average Bonchev–Trinajstić information content (AvgIpc) is 3.37.